The number of rotatable bonds is 3. The van der Waals surface area contributed by atoms with Crippen molar-refractivity contribution in [2.75, 3.05) is 5.73 Å². The molecule has 0 aromatic carbocycles. The minimum atomic E-state index is 0.486. The van der Waals surface area contributed by atoms with E-state index in [1.54, 1.807) is 6.07 Å². The molecule has 0 radical (unpaired) electrons. The van der Waals surface area contributed by atoms with E-state index in [9.17, 15) is 0 Å². The molecule has 2 rings (SSSR count). The maximum absolute atomic E-state index is 5.65. The molecule has 17 heavy (non-hydrogen) atoms. The van der Waals surface area contributed by atoms with Gasteiger partial charge in [-0.2, -0.15) is 0 Å². The number of oxazole rings is 1. The number of aromatic nitrogens is 3. The van der Waals surface area contributed by atoms with E-state index in [0.717, 1.165) is 17.1 Å². The lowest BCUT2D eigenvalue weighted by Crippen LogP contribution is -1.96. The minimum absolute atomic E-state index is 0.486. The summed E-state index contributed by atoms with van der Waals surface area (Å²) in [5, 5.41) is 0.649. The van der Waals surface area contributed by atoms with Crippen LogP contribution in [0.2, 0.25) is 0 Å². The summed E-state index contributed by atoms with van der Waals surface area (Å²) in [6.45, 7) is 5.72. The van der Waals surface area contributed by atoms with Crippen molar-refractivity contribution in [2.24, 2.45) is 0 Å². The Balaban J connectivity index is 2.07. The van der Waals surface area contributed by atoms with Crippen LogP contribution in [0.3, 0.4) is 0 Å². The second kappa shape index (κ2) is 4.75. The van der Waals surface area contributed by atoms with Crippen molar-refractivity contribution >= 4 is 17.6 Å². The molecule has 2 aromatic rings. The molecule has 0 amide bonds. The standard InChI is InChI=1S/C11H14N4OS/c1-6-4-9(12)15-11(13-6)17-5-10-14-7(2)8(3)16-10/h4H,5H2,1-3H3,(H2,12,13,15). The van der Waals surface area contributed by atoms with Gasteiger partial charge in [0, 0.05) is 11.8 Å². The molecule has 0 spiro atoms. The fourth-order valence-electron chi connectivity index (χ4n) is 1.36. The van der Waals surface area contributed by atoms with Crippen molar-refractivity contribution in [1.29, 1.82) is 0 Å². The Morgan fingerprint density at radius 1 is 1.24 bits per heavy atom. The molecule has 0 fully saturated rings. The maximum atomic E-state index is 5.65. The first-order valence-corrected chi connectivity index (χ1v) is 6.20. The van der Waals surface area contributed by atoms with E-state index in [4.69, 9.17) is 10.2 Å². The number of hydrogen-bond acceptors (Lipinski definition) is 6. The lowest BCUT2D eigenvalue weighted by atomic mass is 10.4. The summed E-state index contributed by atoms with van der Waals surface area (Å²) in [4.78, 5) is 12.7. The largest absolute Gasteiger partial charge is 0.445 e. The summed E-state index contributed by atoms with van der Waals surface area (Å²) in [7, 11) is 0. The molecule has 6 heteroatoms. The monoisotopic (exact) mass is 250 g/mol. The highest BCUT2D eigenvalue weighted by Gasteiger charge is 2.08. The zero-order chi connectivity index (χ0) is 12.4. The third kappa shape index (κ3) is 2.97. The predicted molar refractivity (Wildman–Crippen MR) is 66.7 cm³/mol. The number of hydrogen-bond donors (Lipinski definition) is 1. The second-order valence-electron chi connectivity index (χ2n) is 3.75. The van der Waals surface area contributed by atoms with Crippen LogP contribution in [0.5, 0.6) is 0 Å². The van der Waals surface area contributed by atoms with Gasteiger partial charge in [0.2, 0.25) is 5.89 Å². The number of anilines is 1. The van der Waals surface area contributed by atoms with Crippen molar-refractivity contribution < 1.29 is 4.42 Å². The van der Waals surface area contributed by atoms with E-state index in [-0.39, 0.29) is 0 Å². The number of thioether (sulfide) groups is 1. The average molecular weight is 250 g/mol. The molecule has 5 nitrogen and oxygen atoms in total. The Hall–Kier alpha value is -1.56. The van der Waals surface area contributed by atoms with Gasteiger partial charge in [0.1, 0.15) is 11.6 Å². The fourth-order valence-corrected chi connectivity index (χ4v) is 2.11. The van der Waals surface area contributed by atoms with Crippen LogP contribution in [0.1, 0.15) is 23.0 Å². The maximum Gasteiger partial charge on any atom is 0.205 e. The molecule has 0 aliphatic heterocycles. The molecule has 0 saturated carbocycles. The van der Waals surface area contributed by atoms with Crippen LogP contribution < -0.4 is 5.73 Å². The van der Waals surface area contributed by atoms with Crippen LogP contribution in [-0.4, -0.2) is 15.0 Å². The smallest absolute Gasteiger partial charge is 0.205 e. The van der Waals surface area contributed by atoms with E-state index < -0.39 is 0 Å². The third-order valence-electron chi connectivity index (χ3n) is 2.25. The number of nitrogens with zero attached hydrogens (tertiary/aromatic N) is 3. The lowest BCUT2D eigenvalue weighted by Gasteiger charge is -2.00. The summed E-state index contributed by atoms with van der Waals surface area (Å²) in [6, 6.07) is 1.74. The van der Waals surface area contributed by atoms with Gasteiger partial charge in [0.25, 0.3) is 0 Å². The van der Waals surface area contributed by atoms with Gasteiger partial charge >= 0.3 is 0 Å². The van der Waals surface area contributed by atoms with Gasteiger partial charge in [-0.1, -0.05) is 11.8 Å². The first-order valence-electron chi connectivity index (χ1n) is 5.21. The van der Waals surface area contributed by atoms with Crippen molar-refractivity contribution in [2.45, 2.75) is 31.7 Å². The molecule has 0 aliphatic rings. The van der Waals surface area contributed by atoms with Crippen LogP contribution in [0.4, 0.5) is 5.82 Å². The average Bonchev–Trinajstić information content (AvgIpc) is 2.54. The molecule has 0 bridgehead atoms. The molecule has 2 aromatic heterocycles. The highest BCUT2D eigenvalue weighted by Crippen LogP contribution is 2.21. The summed E-state index contributed by atoms with van der Waals surface area (Å²) < 4.78 is 5.48. The van der Waals surface area contributed by atoms with Gasteiger partial charge < -0.3 is 10.2 Å². The van der Waals surface area contributed by atoms with Crippen LogP contribution in [0, 0.1) is 20.8 Å². The molecular weight excluding hydrogens is 236 g/mol. The van der Waals surface area contributed by atoms with Crippen LogP contribution >= 0.6 is 11.8 Å². The highest BCUT2D eigenvalue weighted by molar-refractivity contribution is 7.98. The first kappa shape index (κ1) is 11.9. The molecule has 2 heterocycles. The van der Waals surface area contributed by atoms with Crippen molar-refractivity contribution in [3.63, 3.8) is 0 Å². The minimum Gasteiger partial charge on any atom is -0.445 e. The Bertz CT molecular complexity index is 499. The van der Waals surface area contributed by atoms with E-state index >= 15 is 0 Å². The van der Waals surface area contributed by atoms with Crippen molar-refractivity contribution in [1.82, 2.24) is 15.0 Å². The highest BCUT2D eigenvalue weighted by atomic mass is 32.2. The lowest BCUT2D eigenvalue weighted by molar-refractivity contribution is 0.489. The molecule has 90 valence electrons. The predicted octanol–water partition coefficient (Wildman–Crippen LogP) is 2.26. The van der Waals surface area contributed by atoms with Gasteiger partial charge in [-0.3, -0.25) is 0 Å². The Morgan fingerprint density at radius 3 is 2.59 bits per heavy atom. The summed E-state index contributed by atoms with van der Waals surface area (Å²) in [5.41, 5.74) is 7.44. The quantitative estimate of drug-likeness (QED) is 0.665. The Morgan fingerprint density at radius 2 is 2.00 bits per heavy atom. The van der Waals surface area contributed by atoms with Crippen LogP contribution in [-0.2, 0) is 5.75 Å². The number of aryl methyl sites for hydroxylation is 3. The second-order valence-corrected chi connectivity index (χ2v) is 4.70. The van der Waals surface area contributed by atoms with Gasteiger partial charge in [-0.25, -0.2) is 15.0 Å². The normalized spacial score (nSPS) is 10.8. The van der Waals surface area contributed by atoms with E-state index in [1.165, 1.54) is 11.8 Å². The fraction of sp³-hybridized carbons (Fsp3) is 0.364. The van der Waals surface area contributed by atoms with Crippen molar-refractivity contribution in [3.05, 3.63) is 29.1 Å². The van der Waals surface area contributed by atoms with Gasteiger partial charge in [-0.05, 0) is 20.8 Å². The number of nitrogens with two attached hydrogens (primary N) is 1. The molecule has 0 atom stereocenters. The van der Waals surface area contributed by atoms with E-state index in [0.29, 0.717) is 22.6 Å². The Kier molecular flexibility index (Phi) is 3.33. The third-order valence-corrected chi connectivity index (χ3v) is 3.08. The molecule has 0 aliphatic carbocycles. The van der Waals surface area contributed by atoms with Crippen LogP contribution in [0.25, 0.3) is 0 Å². The first-order chi connectivity index (χ1) is 8.04. The van der Waals surface area contributed by atoms with Gasteiger partial charge in [0.15, 0.2) is 5.16 Å². The van der Waals surface area contributed by atoms with E-state index in [2.05, 4.69) is 15.0 Å². The molecule has 2 N–H and O–H groups in total. The SMILES string of the molecule is Cc1cc(N)nc(SCc2nc(C)c(C)o2)n1. The Labute approximate surface area is 104 Å². The molecule has 0 unspecified atom stereocenters. The zero-order valence-electron chi connectivity index (χ0n) is 10.0. The molecule has 0 saturated heterocycles. The topological polar surface area (TPSA) is 77.8 Å². The van der Waals surface area contributed by atoms with Crippen molar-refractivity contribution in [3.8, 4) is 0 Å². The summed E-state index contributed by atoms with van der Waals surface area (Å²) in [6.07, 6.45) is 0. The van der Waals surface area contributed by atoms with Crippen LogP contribution in [0.15, 0.2) is 15.6 Å². The number of nitrogen functional groups attached to an aromatic ring is 1. The molecular formula is C11H14N4OS. The van der Waals surface area contributed by atoms with Gasteiger partial charge in [0.05, 0.1) is 11.4 Å². The van der Waals surface area contributed by atoms with Gasteiger partial charge in [-0.15, -0.1) is 0 Å². The van der Waals surface area contributed by atoms with E-state index in [1.807, 2.05) is 20.8 Å². The summed E-state index contributed by atoms with van der Waals surface area (Å²) >= 11 is 1.47. The zero-order valence-corrected chi connectivity index (χ0v) is 10.8. The summed E-state index contributed by atoms with van der Waals surface area (Å²) in [5.74, 6) is 2.64.